The second-order valence-electron chi connectivity index (χ2n) is 5.69. The average molecular weight is 233 g/mol. The molecule has 0 bridgehead atoms. The van der Waals surface area contributed by atoms with Gasteiger partial charge < -0.3 is 9.73 Å². The molecular formula is C15H23NO. The van der Waals surface area contributed by atoms with Crippen LogP contribution < -0.4 is 5.32 Å². The molecule has 17 heavy (non-hydrogen) atoms. The lowest BCUT2D eigenvalue weighted by Gasteiger charge is -2.17. The van der Waals surface area contributed by atoms with Crippen LogP contribution >= 0.6 is 0 Å². The van der Waals surface area contributed by atoms with Gasteiger partial charge in [-0.1, -0.05) is 19.8 Å². The standard InChI is InChI=1S/C15H23NO/c1-2-16-14(9-11-7-8-17-10-11)15-12-5-3-4-6-13(12)15/h7-8,10,12-16H,2-6,9H2,1H3. The molecule has 3 atom stereocenters. The van der Waals surface area contributed by atoms with Gasteiger partial charge in [-0.2, -0.15) is 0 Å². The third kappa shape index (κ3) is 2.28. The third-order valence-corrected chi connectivity index (χ3v) is 4.69. The maximum absolute atomic E-state index is 5.18. The predicted octanol–water partition coefficient (Wildman–Crippen LogP) is 3.24. The van der Waals surface area contributed by atoms with Gasteiger partial charge >= 0.3 is 0 Å². The summed E-state index contributed by atoms with van der Waals surface area (Å²) in [5, 5.41) is 3.70. The van der Waals surface area contributed by atoms with Crippen molar-refractivity contribution in [3.8, 4) is 0 Å². The molecule has 94 valence electrons. The van der Waals surface area contributed by atoms with E-state index in [-0.39, 0.29) is 0 Å². The number of likely N-dealkylation sites (N-methyl/N-ethyl adjacent to an activating group) is 1. The topological polar surface area (TPSA) is 25.2 Å². The van der Waals surface area contributed by atoms with E-state index in [0.29, 0.717) is 6.04 Å². The van der Waals surface area contributed by atoms with Crippen molar-refractivity contribution < 1.29 is 4.42 Å². The summed E-state index contributed by atoms with van der Waals surface area (Å²) in [6.07, 6.45) is 10.7. The van der Waals surface area contributed by atoms with E-state index in [1.54, 1.807) is 6.26 Å². The minimum absolute atomic E-state index is 0.672. The van der Waals surface area contributed by atoms with Gasteiger partial charge in [0.2, 0.25) is 0 Å². The number of rotatable bonds is 5. The molecule has 0 aliphatic heterocycles. The van der Waals surface area contributed by atoms with Gasteiger partial charge in [-0.15, -0.1) is 0 Å². The molecule has 2 aliphatic rings. The van der Waals surface area contributed by atoms with Crippen LogP contribution in [0.15, 0.2) is 23.0 Å². The normalized spacial score (nSPS) is 33.1. The fourth-order valence-corrected chi connectivity index (χ4v) is 3.91. The quantitative estimate of drug-likeness (QED) is 0.844. The monoisotopic (exact) mass is 233 g/mol. The van der Waals surface area contributed by atoms with Crippen LogP contribution in [0.2, 0.25) is 0 Å². The van der Waals surface area contributed by atoms with E-state index in [9.17, 15) is 0 Å². The summed E-state index contributed by atoms with van der Waals surface area (Å²) in [5.41, 5.74) is 1.35. The Bertz CT molecular complexity index is 334. The van der Waals surface area contributed by atoms with Crippen molar-refractivity contribution in [2.75, 3.05) is 6.54 Å². The lowest BCUT2D eigenvalue weighted by molar-refractivity contribution is 0.435. The molecular weight excluding hydrogens is 210 g/mol. The van der Waals surface area contributed by atoms with E-state index in [1.807, 2.05) is 6.26 Å². The minimum atomic E-state index is 0.672. The zero-order valence-electron chi connectivity index (χ0n) is 10.7. The first-order valence-corrected chi connectivity index (χ1v) is 7.14. The summed E-state index contributed by atoms with van der Waals surface area (Å²) >= 11 is 0. The Balaban J connectivity index is 1.64. The van der Waals surface area contributed by atoms with Crippen LogP contribution in [0.5, 0.6) is 0 Å². The van der Waals surface area contributed by atoms with Crippen LogP contribution in [-0.4, -0.2) is 12.6 Å². The lowest BCUT2D eigenvalue weighted by Crippen LogP contribution is -2.34. The maximum Gasteiger partial charge on any atom is 0.0935 e. The van der Waals surface area contributed by atoms with Crippen molar-refractivity contribution in [2.24, 2.45) is 17.8 Å². The highest BCUT2D eigenvalue weighted by atomic mass is 16.3. The molecule has 3 rings (SSSR count). The van der Waals surface area contributed by atoms with E-state index < -0.39 is 0 Å². The summed E-state index contributed by atoms with van der Waals surface area (Å²) < 4.78 is 5.18. The molecule has 0 amide bonds. The second kappa shape index (κ2) is 4.85. The van der Waals surface area contributed by atoms with Gasteiger partial charge in [-0.25, -0.2) is 0 Å². The van der Waals surface area contributed by atoms with Crippen LogP contribution in [0, 0.1) is 17.8 Å². The van der Waals surface area contributed by atoms with Crippen molar-refractivity contribution in [2.45, 2.75) is 45.1 Å². The summed E-state index contributed by atoms with van der Waals surface area (Å²) in [4.78, 5) is 0. The summed E-state index contributed by atoms with van der Waals surface area (Å²) in [6.45, 7) is 3.30. The van der Waals surface area contributed by atoms with Gasteiger partial charge in [-0.3, -0.25) is 0 Å². The first-order valence-electron chi connectivity index (χ1n) is 7.14. The minimum Gasteiger partial charge on any atom is -0.472 e. The first-order chi connectivity index (χ1) is 8.40. The Morgan fingerprint density at radius 2 is 2.12 bits per heavy atom. The highest BCUT2D eigenvalue weighted by Crippen LogP contribution is 2.57. The number of nitrogens with one attached hydrogen (secondary N) is 1. The maximum atomic E-state index is 5.18. The Kier molecular flexibility index (Phi) is 3.24. The molecule has 2 heteroatoms. The smallest absolute Gasteiger partial charge is 0.0935 e. The molecule has 1 N–H and O–H groups in total. The van der Waals surface area contributed by atoms with Crippen molar-refractivity contribution >= 4 is 0 Å². The Morgan fingerprint density at radius 3 is 2.71 bits per heavy atom. The van der Waals surface area contributed by atoms with E-state index in [4.69, 9.17) is 4.42 Å². The zero-order valence-corrected chi connectivity index (χ0v) is 10.7. The number of furan rings is 1. The molecule has 2 aliphatic carbocycles. The van der Waals surface area contributed by atoms with E-state index >= 15 is 0 Å². The summed E-state index contributed by atoms with van der Waals surface area (Å²) in [7, 11) is 0. The summed E-state index contributed by atoms with van der Waals surface area (Å²) in [6, 6.07) is 2.78. The van der Waals surface area contributed by atoms with E-state index in [0.717, 1.165) is 30.7 Å². The Labute approximate surface area is 104 Å². The molecule has 0 spiro atoms. The molecule has 2 nitrogen and oxygen atoms in total. The van der Waals surface area contributed by atoms with Crippen LogP contribution in [0.25, 0.3) is 0 Å². The van der Waals surface area contributed by atoms with Gasteiger partial charge in [0, 0.05) is 6.04 Å². The van der Waals surface area contributed by atoms with Crippen molar-refractivity contribution in [1.29, 1.82) is 0 Å². The van der Waals surface area contributed by atoms with Gasteiger partial charge in [0.1, 0.15) is 0 Å². The van der Waals surface area contributed by atoms with E-state index in [2.05, 4.69) is 18.3 Å². The first kappa shape index (κ1) is 11.3. The van der Waals surface area contributed by atoms with Gasteiger partial charge in [0.25, 0.3) is 0 Å². The number of hydrogen-bond donors (Lipinski definition) is 1. The Morgan fingerprint density at radius 1 is 1.35 bits per heavy atom. The summed E-state index contributed by atoms with van der Waals surface area (Å²) in [5.74, 6) is 2.99. The van der Waals surface area contributed by atoms with Gasteiger partial charge in [0.15, 0.2) is 0 Å². The molecule has 0 saturated heterocycles. The highest BCUT2D eigenvalue weighted by Gasteiger charge is 2.53. The van der Waals surface area contributed by atoms with Gasteiger partial charge in [-0.05, 0) is 55.2 Å². The van der Waals surface area contributed by atoms with Crippen LogP contribution in [0.3, 0.4) is 0 Å². The number of fused-ring (bicyclic) bond motifs is 1. The largest absolute Gasteiger partial charge is 0.472 e. The number of hydrogen-bond acceptors (Lipinski definition) is 2. The van der Waals surface area contributed by atoms with Crippen molar-refractivity contribution in [3.63, 3.8) is 0 Å². The van der Waals surface area contributed by atoms with Crippen LogP contribution in [0.1, 0.15) is 38.2 Å². The van der Waals surface area contributed by atoms with Crippen molar-refractivity contribution in [1.82, 2.24) is 5.32 Å². The van der Waals surface area contributed by atoms with E-state index in [1.165, 1.54) is 31.2 Å². The van der Waals surface area contributed by atoms with Crippen molar-refractivity contribution in [3.05, 3.63) is 24.2 Å². The van der Waals surface area contributed by atoms with Gasteiger partial charge in [0.05, 0.1) is 12.5 Å². The highest BCUT2D eigenvalue weighted by molar-refractivity contribution is 5.12. The van der Waals surface area contributed by atoms with Crippen LogP contribution in [-0.2, 0) is 6.42 Å². The second-order valence-corrected chi connectivity index (χ2v) is 5.69. The molecule has 3 unspecified atom stereocenters. The lowest BCUT2D eigenvalue weighted by atomic mass is 10.0. The molecule has 0 aromatic carbocycles. The predicted molar refractivity (Wildman–Crippen MR) is 68.8 cm³/mol. The Hall–Kier alpha value is -0.760. The third-order valence-electron chi connectivity index (χ3n) is 4.69. The molecule has 1 aromatic heterocycles. The average Bonchev–Trinajstić information content (AvgIpc) is 2.85. The molecule has 0 radical (unpaired) electrons. The molecule has 1 aromatic rings. The SMILES string of the molecule is CCNC(Cc1ccoc1)C1C2CCCCC21. The molecule has 2 fully saturated rings. The fourth-order valence-electron chi connectivity index (χ4n) is 3.91. The zero-order chi connectivity index (χ0) is 11.7. The van der Waals surface area contributed by atoms with Crippen LogP contribution in [0.4, 0.5) is 0 Å². The molecule has 1 heterocycles. The molecule has 2 saturated carbocycles. The fraction of sp³-hybridized carbons (Fsp3) is 0.733.